The van der Waals surface area contributed by atoms with Crippen molar-refractivity contribution >= 4 is 23.2 Å². The van der Waals surface area contributed by atoms with E-state index in [0.717, 1.165) is 26.1 Å². The molecule has 0 aliphatic carbocycles. The highest BCUT2D eigenvalue weighted by Gasteiger charge is 2.21. The minimum absolute atomic E-state index is 0.0946. The average Bonchev–Trinajstić information content (AvgIpc) is 2.42. The molecule has 1 aromatic rings. The number of carbonyl (C=O) groups excluding carboxylic acids is 1. The van der Waals surface area contributed by atoms with Crippen LogP contribution in [0, 0.1) is 5.92 Å². The number of rotatable bonds is 3. The lowest BCUT2D eigenvalue weighted by atomic mass is 10.0. The van der Waals surface area contributed by atoms with E-state index in [0.29, 0.717) is 28.7 Å². The smallest absolute Gasteiger partial charge is 0.255 e. The molecular weight excluding hydrogens is 264 g/mol. The summed E-state index contributed by atoms with van der Waals surface area (Å²) < 4.78 is 5.43. The first kappa shape index (κ1) is 14.2. The number of carbonyl (C=O) groups is 1. The molecule has 104 valence electrons. The van der Waals surface area contributed by atoms with E-state index in [4.69, 9.17) is 22.1 Å². The van der Waals surface area contributed by atoms with Crippen molar-refractivity contribution in [1.82, 2.24) is 4.90 Å². The summed E-state index contributed by atoms with van der Waals surface area (Å²) >= 11 is 6.05. The Hall–Kier alpha value is -1.26. The molecule has 0 aromatic heterocycles. The Bertz CT molecular complexity index is 459. The number of hydrogen-bond donors (Lipinski definition) is 1. The summed E-state index contributed by atoms with van der Waals surface area (Å²) in [5, 5.41) is 0.436. The van der Waals surface area contributed by atoms with Crippen molar-refractivity contribution in [3.63, 3.8) is 0 Å². The highest BCUT2D eigenvalue weighted by atomic mass is 35.5. The number of anilines is 1. The van der Waals surface area contributed by atoms with Crippen LogP contribution >= 0.6 is 11.6 Å². The van der Waals surface area contributed by atoms with Crippen molar-refractivity contribution in [2.45, 2.75) is 12.8 Å². The van der Waals surface area contributed by atoms with E-state index in [-0.39, 0.29) is 5.91 Å². The molecule has 1 atom stereocenters. The number of ether oxygens (including phenoxy) is 1. The first-order chi connectivity index (χ1) is 9.08. The van der Waals surface area contributed by atoms with Crippen molar-refractivity contribution in [3.05, 3.63) is 28.8 Å². The summed E-state index contributed by atoms with van der Waals surface area (Å²) in [7, 11) is 1.79. The molecule has 1 aliphatic rings. The van der Waals surface area contributed by atoms with Crippen LogP contribution in [0.5, 0.6) is 0 Å². The fourth-order valence-corrected chi connectivity index (χ4v) is 2.53. The maximum Gasteiger partial charge on any atom is 0.255 e. The molecule has 1 unspecified atom stereocenters. The number of halogens is 1. The Morgan fingerprint density at radius 1 is 1.58 bits per heavy atom. The molecule has 1 amide bonds. The summed E-state index contributed by atoms with van der Waals surface area (Å²) in [5.74, 6) is 0.311. The molecule has 0 radical (unpaired) electrons. The third-order valence-corrected chi connectivity index (χ3v) is 3.68. The standard InChI is InChI=1S/C14H19ClN2O2/c1-17(8-10-3-2-6-19-9-10)14(18)12-7-11(16)4-5-13(12)15/h4-5,7,10H,2-3,6,8-9,16H2,1H3. The Labute approximate surface area is 118 Å². The van der Waals surface area contributed by atoms with Crippen molar-refractivity contribution in [3.8, 4) is 0 Å². The first-order valence-corrected chi connectivity index (χ1v) is 6.84. The molecule has 0 saturated carbocycles. The number of nitrogen functional groups attached to an aromatic ring is 1. The molecule has 1 aromatic carbocycles. The van der Waals surface area contributed by atoms with Gasteiger partial charge in [0.2, 0.25) is 0 Å². The third-order valence-electron chi connectivity index (χ3n) is 3.35. The fourth-order valence-electron chi connectivity index (χ4n) is 2.33. The molecule has 2 rings (SSSR count). The van der Waals surface area contributed by atoms with Gasteiger partial charge in [-0.1, -0.05) is 11.6 Å². The molecule has 19 heavy (non-hydrogen) atoms. The largest absolute Gasteiger partial charge is 0.399 e. The molecule has 4 nitrogen and oxygen atoms in total. The zero-order valence-corrected chi connectivity index (χ0v) is 11.8. The molecule has 2 N–H and O–H groups in total. The van der Waals surface area contributed by atoms with Crippen molar-refractivity contribution in [2.24, 2.45) is 5.92 Å². The van der Waals surface area contributed by atoms with Crippen LogP contribution in [0.3, 0.4) is 0 Å². The van der Waals surface area contributed by atoms with Crippen LogP contribution in [0.4, 0.5) is 5.69 Å². The number of hydrogen-bond acceptors (Lipinski definition) is 3. The molecule has 1 heterocycles. The van der Waals surface area contributed by atoms with Gasteiger partial charge in [-0.05, 0) is 37.0 Å². The molecule has 1 saturated heterocycles. The second kappa shape index (κ2) is 6.26. The van der Waals surface area contributed by atoms with Gasteiger partial charge in [-0.2, -0.15) is 0 Å². The Morgan fingerprint density at radius 2 is 2.37 bits per heavy atom. The first-order valence-electron chi connectivity index (χ1n) is 6.46. The van der Waals surface area contributed by atoms with Crippen LogP contribution in [0.25, 0.3) is 0 Å². The van der Waals surface area contributed by atoms with E-state index in [1.807, 2.05) is 0 Å². The summed E-state index contributed by atoms with van der Waals surface area (Å²) in [6.07, 6.45) is 2.16. The average molecular weight is 283 g/mol. The summed E-state index contributed by atoms with van der Waals surface area (Å²) in [6, 6.07) is 4.97. The summed E-state index contributed by atoms with van der Waals surface area (Å²) in [6.45, 7) is 2.24. The lowest BCUT2D eigenvalue weighted by Gasteiger charge is -2.27. The number of amides is 1. The SMILES string of the molecule is CN(CC1CCCOC1)C(=O)c1cc(N)ccc1Cl. The molecule has 5 heteroatoms. The van der Waals surface area contributed by atoms with Crippen molar-refractivity contribution in [2.75, 3.05) is 32.5 Å². The Balaban J connectivity index is 2.03. The Kier molecular flexibility index (Phi) is 4.66. The van der Waals surface area contributed by atoms with E-state index >= 15 is 0 Å². The molecular formula is C14H19ClN2O2. The molecule has 1 aliphatic heterocycles. The minimum Gasteiger partial charge on any atom is -0.399 e. The number of benzene rings is 1. The van der Waals surface area contributed by atoms with Crippen molar-refractivity contribution < 1.29 is 9.53 Å². The van der Waals surface area contributed by atoms with E-state index in [1.165, 1.54) is 0 Å². The van der Waals surface area contributed by atoms with E-state index in [9.17, 15) is 4.79 Å². The Morgan fingerprint density at radius 3 is 3.05 bits per heavy atom. The number of nitrogens with zero attached hydrogens (tertiary/aromatic N) is 1. The summed E-state index contributed by atoms with van der Waals surface area (Å²) in [4.78, 5) is 14.0. The zero-order chi connectivity index (χ0) is 13.8. The maximum absolute atomic E-state index is 12.3. The van der Waals surface area contributed by atoms with E-state index in [1.54, 1.807) is 30.1 Å². The normalized spacial score (nSPS) is 19.2. The predicted octanol–water partition coefficient (Wildman–Crippen LogP) is 2.42. The summed E-state index contributed by atoms with van der Waals surface area (Å²) in [5.41, 5.74) is 6.70. The number of nitrogens with two attached hydrogens (primary N) is 1. The zero-order valence-electron chi connectivity index (χ0n) is 11.1. The lowest BCUT2D eigenvalue weighted by molar-refractivity contribution is 0.0388. The van der Waals surface area contributed by atoms with Gasteiger partial charge >= 0.3 is 0 Å². The minimum atomic E-state index is -0.0946. The molecule has 0 bridgehead atoms. The van der Waals surface area contributed by atoms with Gasteiger partial charge in [-0.15, -0.1) is 0 Å². The van der Waals surface area contributed by atoms with Gasteiger partial charge in [-0.3, -0.25) is 4.79 Å². The fraction of sp³-hybridized carbons (Fsp3) is 0.500. The van der Waals surface area contributed by atoms with Crippen LogP contribution in [0.1, 0.15) is 23.2 Å². The monoisotopic (exact) mass is 282 g/mol. The highest BCUT2D eigenvalue weighted by molar-refractivity contribution is 6.33. The van der Waals surface area contributed by atoms with Gasteiger partial charge in [0.1, 0.15) is 0 Å². The lowest BCUT2D eigenvalue weighted by Crippen LogP contribution is -2.35. The van der Waals surface area contributed by atoms with Gasteiger partial charge in [0.05, 0.1) is 17.2 Å². The highest BCUT2D eigenvalue weighted by Crippen LogP contribution is 2.21. The maximum atomic E-state index is 12.3. The van der Waals surface area contributed by atoms with Gasteiger partial charge in [0.25, 0.3) is 5.91 Å². The van der Waals surface area contributed by atoms with Crippen LogP contribution in [-0.2, 0) is 4.74 Å². The molecule has 1 fully saturated rings. The second-order valence-corrected chi connectivity index (χ2v) is 5.42. The van der Waals surface area contributed by atoms with Crippen LogP contribution in [-0.4, -0.2) is 37.6 Å². The van der Waals surface area contributed by atoms with Crippen LogP contribution in [0.15, 0.2) is 18.2 Å². The van der Waals surface area contributed by atoms with Gasteiger partial charge in [0, 0.05) is 25.9 Å². The van der Waals surface area contributed by atoms with E-state index in [2.05, 4.69) is 0 Å². The van der Waals surface area contributed by atoms with Crippen LogP contribution in [0.2, 0.25) is 5.02 Å². The van der Waals surface area contributed by atoms with E-state index < -0.39 is 0 Å². The van der Waals surface area contributed by atoms with Crippen LogP contribution < -0.4 is 5.73 Å². The topological polar surface area (TPSA) is 55.6 Å². The van der Waals surface area contributed by atoms with Gasteiger partial charge in [-0.25, -0.2) is 0 Å². The van der Waals surface area contributed by atoms with Crippen molar-refractivity contribution in [1.29, 1.82) is 0 Å². The predicted molar refractivity (Wildman–Crippen MR) is 76.4 cm³/mol. The second-order valence-electron chi connectivity index (χ2n) is 5.01. The van der Waals surface area contributed by atoms with Gasteiger partial charge < -0.3 is 15.4 Å². The molecule has 0 spiro atoms. The third kappa shape index (κ3) is 3.61. The quantitative estimate of drug-likeness (QED) is 0.866. The van der Waals surface area contributed by atoms with Gasteiger partial charge in [0.15, 0.2) is 0 Å².